The first-order chi connectivity index (χ1) is 10.7. The lowest BCUT2D eigenvalue weighted by atomic mass is 10.1. The molecule has 0 bridgehead atoms. The van der Waals surface area contributed by atoms with E-state index in [2.05, 4.69) is 4.98 Å². The van der Waals surface area contributed by atoms with Gasteiger partial charge in [0, 0.05) is 22.8 Å². The highest BCUT2D eigenvalue weighted by molar-refractivity contribution is 7.15. The summed E-state index contributed by atoms with van der Waals surface area (Å²) >= 11 is 1.56. The molecule has 0 spiro atoms. The minimum Gasteiger partial charge on any atom is -0.399 e. The van der Waals surface area contributed by atoms with E-state index in [0.717, 1.165) is 27.5 Å². The van der Waals surface area contributed by atoms with Gasteiger partial charge < -0.3 is 5.73 Å². The molecule has 108 valence electrons. The zero-order valence-electron chi connectivity index (χ0n) is 11.5. The van der Waals surface area contributed by atoms with Crippen molar-refractivity contribution < 1.29 is 4.39 Å². The predicted molar refractivity (Wildman–Crippen MR) is 88.3 cm³/mol. The van der Waals surface area contributed by atoms with Gasteiger partial charge in [-0.2, -0.15) is 0 Å². The zero-order chi connectivity index (χ0) is 15.1. The largest absolute Gasteiger partial charge is 0.399 e. The number of rotatable bonds is 2. The van der Waals surface area contributed by atoms with E-state index in [4.69, 9.17) is 5.73 Å². The maximum absolute atomic E-state index is 13.1. The van der Waals surface area contributed by atoms with Crippen LogP contribution in [0.1, 0.15) is 0 Å². The van der Waals surface area contributed by atoms with Crippen LogP contribution >= 0.6 is 11.3 Å². The third-order valence-corrected chi connectivity index (χ3v) is 4.37. The summed E-state index contributed by atoms with van der Waals surface area (Å²) in [6, 6.07) is 14.1. The van der Waals surface area contributed by atoms with E-state index in [0.29, 0.717) is 5.69 Å². The molecule has 0 fully saturated rings. The number of hydrogen-bond donors (Lipinski definition) is 1. The number of nitrogen functional groups attached to an aromatic ring is 1. The fourth-order valence-electron chi connectivity index (χ4n) is 2.45. The maximum Gasteiger partial charge on any atom is 0.194 e. The van der Waals surface area contributed by atoms with Crippen molar-refractivity contribution in [2.45, 2.75) is 0 Å². The molecule has 2 aromatic carbocycles. The number of imidazole rings is 1. The number of halogens is 1. The SMILES string of the molecule is Nc1cccc(-c2cn3c(-c4ccc(F)cc4)csc3n2)c1. The molecular weight excluding hydrogens is 297 g/mol. The third kappa shape index (κ3) is 2.16. The van der Waals surface area contributed by atoms with Gasteiger partial charge in [-0.15, -0.1) is 11.3 Å². The summed E-state index contributed by atoms with van der Waals surface area (Å²) in [4.78, 5) is 5.54. The van der Waals surface area contributed by atoms with E-state index in [1.807, 2.05) is 40.2 Å². The molecule has 4 aromatic rings. The number of hydrogen-bond acceptors (Lipinski definition) is 3. The van der Waals surface area contributed by atoms with Crippen LogP contribution in [0.2, 0.25) is 0 Å². The van der Waals surface area contributed by atoms with Crippen LogP contribution in [0.3, 0.4) is 0 Å². The van der Waals surface area contributed by atoms with Crippen molar-refractivity contribution in [3.05, 3.63) is 65.9 Å². The normalized spacial score (nSPS) is 11.1. The smallest absolute Gasteiger partial charge is 0.194 e. The molecule has 3 nitrogen and oxygen atoms in total. The van der Waals surface area contributed by atoms with Crippen molar-refractivity contribution in [3.8, 4) is 22.5 Å². The molecule has 2 aromatic heterocycles. The van der Waals surface area contributed by atoms with Crippen LogP contribution < -0.4 is 5.73 Å². The Hall–Kier alpha value is -2.66. The van der Waals surface area contributed by atoms with Crippen LogP contribution in [0.4, 0.5) is 10.1 Å². The second kappa shape index (κ2) is 4.96. The Kier molecular flexibility index (Phi) is 2.94. The van der Waals surface area contributed by atoms with E-state index in [1.54, 1.807) is 23.5 Å². The summed E-state index contributed by atoms with van der Waals surface area (Å²) in [6.07, 6.45) is 1.99. The molecule has 4 rings (SSSR count). The Bertz CT molecular complexity index is 954. The maximum atomic E-state index is 13.1. The lowest BCUT2D eigenvalue weighted by Crippen LogP contribution is -1.85. The molecule has 22 heavy (non-hydrogen) atoms. The Morgan fingerprint density at radius 2 is 1.86 bits per heavy atom. The van der Waals surface area contributed by atoms with Gasteiger partial charge in [0.2, 0.25) is 0 Å². The number of benzene rings is 2. The van der Waals surface area contributed by atoms with E-state index in [1.165, 1.54) is 12.1 Å². The highest BCUT2D eigenvalue weighted by atomic mass is 32.1. The molecule has 0 radical (unpaired) electrons. The number of nitrogens with zero attached hydrogens (tertiary/aromatic N) is 2. The van der Waals surface area contributed by atoms with Crippen molar-refractivity contribution in [1.82, 2.24) is 9.38 Å². The molecule has 0 saturated heterocycles. The second-order valence-electron chi connectivity index (χ2n) is 5.03. The Balaban J connectivity index is 1.84. The van der Waals surface area contributed by atoms with E-state index < -0.39 is 0 Å². The van der Waals surface area contributed by atoms with Crippen LogP contribution in [0.15, 0.2) is 60.1 Å². The van der Waals surface area contributed by atoms with Gasteiger partial charge in [-0.05, 0) is 42.0 Å². The summed E-state index contributed by atoms with van der Waals surface area (Å²) < 4.78 is 15.1. The lowest BCUT2D eigenvalue weighted by molar-refractivity contribution is 0.628. The van der Waals surface area contributed by atoms with E-state index >= 15 is 0 Å². The minimum atomic E-state index is -0.235. The number of anilines is 1. The first kappa shape index (κ1) is 13.0. The van der Waals surface area contributed by atoms with Crippen molar-refractivity contribution >= 4 is 22.0 Å². The number of nitrogens with two attached hydrogens (primary N) is 1. The van der Waals surface area contributed by atoms with Gasteiger partial charge in [0.25, 0.3) is 0 Å². The quantitative estimate of drug-likeness (QED) is 0.556. The highest BCUT2D eigenvalue weighted by Crippen LogP contribution is 2.29. The molecule has 0 saturated carbocycles. The fraction of sp³-hybridized carbons (Fsp3) is 0. The first-order valence-electron chi connectivity index (χ1n) is 6.79. The summed E-state index contributed by atoms with van der Waals surface area (Å²) in [5, 5.41) is 2.03. The molecule has 0 atom stereocenters. The summed E-state index contributed by atoms with van der Waals surface area (Å²) in [5.74, 6) is -0.235. The average molecular weight is 309 g/mol. The van der Waals surface area contributed by atoms with Gasteiger partial charge in [0.15, 0.2) is 4.96 Å². The topological polar surface area (TPSA) is 43.3 Å². The summed E-state index contributed by atoms with van der Waals surface area (Å²) in [5.41, 5.74) is 10.4. The van der Waals surface area contributed by atoms with Crippen molar-refractivity contribution in [2.24, 2.45) is 0 Å². The molecule has 0 aliphatic heterocycles. The van der Waals surface area contributed by atoms with Crippen LogP contribution in [-0.4, -0.2) is 9.38 Å². The Morgan fingerprint density at radius 3 is 2.64 bits per heavy atom. The molecule has 0 aliphatic carbocycles. The third-order valence-electron chi connectivity index (χ3n) is 3.53. The Morgan fingerprint density at radius 1 is 1.05 bits per heavy atom. The number of fused-ring (bicyclic) bond motifs is 1. The van der Waals surface area contributed by atoms with Crippen molar-refractivity contribution in [2.75, 3.05) is 5.73 Å². The summed E-state index contributed by atoms with van der Waals surface area (Å²) in [7, 11) is 0. The van der Waals surface area contributed by atoms with Crippen LogP contribution in [0.5, 0.6) is 0 Å². The van der Waals surface area contributed by atoms with Gasteiger partial charge in [0.05, 0.1) is 11.4 Å². The molecule has 2 heterocycles. The first-order valence-corrected chi connectivity index (χ1v) is 7.67. The molecule has 0 unspecified atom stereocenters. The van der Waals surface area contributed by atoms with Crippen LogP contribution in [0.25, 0.3) is 27.5 Å². The minimum absolute atomic E-state index is 0.235. The fourth-order valence-corrected chi connectivity index (χ4v) is 3.33. The lowest BCUT2D eigenvalue weighted by Gasteiger charge is -2.00. The molecule has 5 heteroatoms. The molecular formula is C17H12FN3S. The Labute approximate surface area is 130 Å². The molecule has 2 N–H and O–H groups in total. The van der Waals surface area contributed by atoms with E-state index in [9.17, 15) is 4.39 Å². The molecule has 0 aliphatic rings. The van der Waals surface area contributed by atoms with Gasteiger partial charge in [0.1, 0.15) is 5.82 Å². The van der Waals surface area contributed by atoms with Gasteiger partial charge >= 0.3 is 0 Å². The average Bonchev–Trinajstić information content (AvgIpc) is 3.08. The van der Waals surface area contributed by atoms with Crippen molar-refractivity contribution in [1.29, 1.82) is 0 Å². The highest BCUT2D eigenvalue weighted by Gasteiger charge is 2.11. The van der Waals surface area contributed by atoms with E-state index in [-0.39, 0.29) is 5.82 Å². The second-order valence-corrected chi connectivity index (χ2v) is 5.87. The predicted octanol–water partition coefficient (Wildman–Crippen LogP) is 4.45. The van der Waals surface area contributed by atoms with Gasteiger partial charge in [-0.1, -0.05) is 12.1 Å². The van der Waals surface area contributed by atoms with Crippen LogP contribution in [0, 0.1) is 5.82 Å². The number of aromatic nitrogens is 2. The van der Waals surface area contributed by atoms with Gasteiger partial charge in [-0.3, -0.25) is 4.40 Å². The van der Waals surface area contributed by atoms with Crippen LogP contribution in [-0.2, 0) is 0 Å². The summed E-state index contributed by atoms with van der Waals surface area (Å²) in [6.45, 7) is 0. The number of thiazole rings is 1. The monoisotopic (exact) mass is 309 g/mol. The standard InChI is InChI=1S/C17H12FN3S/c18-13-6-4-11(5-7-13)16-10-22-17-20-15(9-21(16)17)12-2-1-3-14(19)8-12/h1-10H,19H2. The van der Waals surface area contributed by atoms with Gasteiger partial charge in [-0.25, -0.2) is 9.37 Å². The molecule has 0 amide bonds. The van der Waals surface area contributed by atoms with Crippen molar-refractivity contribution in [3.63, 3.8) is 0 Å². The zero-order valence-corrected chi connectivity index (χ0v) is 12.3.